The van der Waals surface area contributed by atoms with Crippen LogP contribution >= 0.6 is 22.9 Å². The van der Waals surface area contributed by atoms with Crippen LogP contribution in [0.5, 0.6) is 11.6 Å². The van der Waals surface area contributed by atoms with E-state index in [1.807, 2.05) is 60.0 Å². The monoisotopic (exact) mass is 437 g/mol. The van der Waals surface area contributed by atoms with E-state index in [-0.39, 0.29) is 0 Å². The number of rotatable bonds is 5. The lowest BCUT2D eigenvalue weighted by atomic mass is 10.2. The van der Waals surface area contributed by atoms with Gasteiger partial charge in [0.05, 0.1) is 16.2 Å². The number of fused-ring (bicyclic) bond motifs is 1. The van der Waals surface area contributed by atoms with Crippen molar-refractivity contribution in [2.75, 3.05) is 36.4 Å². The van der Waals surface area contributed by atoms with Crippen LogP contribution in [0.3, 0.4) is 0 Å². The quantitative estimate of drug-likeness (QED) is 0.442. The number of piperazine rings is 1. The van der Waals surface area contributed by atoms with Crippen molar-refractivity contribution in [2.45, 2.75) is 0 Å². The Morgan fingerprint density at radius 3 is 2.67 bits per heavy atom. The molecule has 0 aliphatic carbocycles. The Morgan fingerprint density at radius 2 is 1.87 bits per heavy atom. The van der Waals surface area contributed by atoms with Crippen LogP contribution in [-0.4, -0.2) is 36.1 Å². The minimum Gasteiger partial charge on any atom is -0.437 e. The average Bonchev–Trinajstić information content (AvgIpc) is 3.24. The molecule has 2 N–H and O–H groups in total. The molecule has 2 aromatic heterocycles. The SMILES string of the molecule is Clc1cc(Nc2nc(Oc3ccccc3)c3sccc3n2)ccc1N1CCNCC1. The minimum atomic E-state index is 0.470. The van der Waals surface area contributed by atoms with E-state index < -0.39 is 0 Å². The maximum absolute atomic E-state index is 6.58. The molecule has 30 heavy (non-hydrogen) atoms. The number of nitrogens with one attached hydrogen (secondary N) is 2. The van der Waals surface area contributed by atoms with Crippen molar-refractivity contribution in [1.82, 2.24) is 15.3 Å². The number of anilines is 3. The van der Waals surface area contributed by atoms with Crippen LogP contribution in [-0.2, 0) is 0 Å². The van der Waals surface area contributed by atoms with E-state index in [1.165, 1.54) is 0 Å². The van der Waals surface area contributed by atoms with Crippen LogP contribution in [0.4, 0.5) is 17.3 Å². The first-order valence-electron chi connectivity index (χ1n) is 9.77. The molecule has 1 aliphatic rings. The molecule has 5 rings (SSSR count). The lowest BCUT2D eigenvalue weighted by molar-refractivity contribution is 0.470. The van der Waals surface area contributed by atoms with Crippen molar-refractivity contribution < 1.29 is 4.74 Å². The number of thiophene rings is 1. The Kier molecular flexibility index (Phi) is 5.40. The van der Waals surface area contributed by atoms with E-state index >= 15 is 0 Å². The largest absolute Gasteiger partial charge is 0.437 e. The molecule has 0 radical (unpaired) electrons. The van der Waals surface area contributed by atoms with E-state index in [0.29, 0.717) is 16.9 Å². The van der Waals surface area contributed by atoms with Gasteiger partial charge < -0.3 is 20.3 Å². The Balaban J connectivity index is 1.42. The third-order valence-electron chi connectivity index (χ3n) is 4.89. The Bertz CT molecular complexity index is 1160. The molecular weight excluding hydrogens is 418 g/mol. The summed E-state index contributed by atoms with van der Waals surface area (Å²) in [7, 11) is 0. The fraction of sp³-hybridized carbons (Fsp3) is 0.182. The highest BCUT2D eigenvalue weighted by Gasteiger charge is 2.15. The second kappa shape index (κ2) is 8.47. The molecule has 1 aliphatic heterocycles. The molecule has 1 fully saturated rings. The molecule has 2 aromatic carbocycles. The van der Waals surface area contributed by atoms with Crippen LogP contribution < -0.4 is 20.3 Å². The molecule has 0 bridgehead atoms. The Morgan fingerprint density at radius 1 is 1.03 bits per heavy atom. The van der Waals surface area contributed by atoms with Gasteiger partial charge in [0, 0.05) is 31.9 Å². The van der Waals surface area contributed by atoms with Gasteiger partial charge in [-0.05, 0) is 41.8 Å². The predicted molar refractivity (Wildman–Crippen MR) is 124 cm³/mol. The van der Waals surface area contributed by atoms with Crippen molar-refractivity contribution in [2.24, 2.45) is 0 Å². The van der Waals surface area contributed by atoms with Crippen LogP contribution in [0.25, 0.3) is 10.2 Å². The van der Waals surface area contributed by atoms with Gasteiger partial charge in [0.25, 0.3) is 0 Å². The summed E-state index contributed by atoms with van der Waals surface area (Å²) in [5, 5.41) is 9.32. The number of hydrogen-bond acceptors (Lipinski definition) is 7. The molecule has 8 heteroatoms. The van der Waals surface area contributed by atoms with E-state index in [1.54, 1.807) is 11.3 Å². The zero-order valence-corrected chi connectivity index (χ0v) is 17.7. The van der Waals surface area contributed by atoms with Crippen molar-refractivity contribution in [1.29, 1.82) is 0 Å². The lowest BCUT2D eigenvalue weighted by Gasteiger charge is -2.30. The maximum atomic E-state index is 6.58. The molecule has 1 saturated heterocycles. The summed E-state index contributed by atoms with van der Waals surface area (Å²) < 4.78 is 6.94. The number of ether oxygens (including phenoxy) is 1. The van der Waals surface area contributed by atoms with Gasteiger partial charge in [-0.1, -0.05) is 29.8 Å². The highest BCUT2D eigenvalue weighted by molar-refractivity contribution is 7.17. The minimum absolute atomic E-state index is 0.470. The molecule has 0 amide bonds. The number of halogens is 1. The summed E-state index contributed by atoms with van der Waals surface area (Å²) in [4.78, 5) is 11.5. The van der Waals surface area contributed by atoms with Gasteiger partial charge in [-0.15, -0.1) is 11.3 Å². The molecule has 152 valence electrons. The van der Waals surface area contributed by atoms with Crippen LogP contribution in [0, 0.1) is 0 Å². The summed E-state index contributed by atoms with van der Waals surface area (Å²) in [6.45, 7) is 3.83. The second-order valence-electron chi connectivity index (χ2n) is 6.93. The summed E-state index contributed by atoms with van der Waals surface area (Å²) in [6.07, 6.45) is 0. The van der Waals surface area contributed by atoms with Crippen molar-refractivity contribution in [3.8, 4) is 11.6 Å². The number of para-hydroxylation sites is 1. The topological polar surface area (TPSA) is 62.3 Å². The fourth-order valence-corrected chi connectivity index (χ4v) is 4.49. The Hall–Kier alpha value is -2.87. The van der Waals surface area contributed by atoms with Crippen molar-refractivity contribution in [3.63, 3.8) is 0 Å². The predicted octanol–water partition coefficient (Wildman–Crippen LogP) is 5.29. The second-order valence-corrected chi connectivity index (χ2v) is 8.25. The molecule has 0 spiro atoms. The highest BCUT2D eigenvalue weighted by Crippen LogP contribution is 2.34. The highest BCUT2D eigenvalue weighted by atomic mass is 35.5. The van der Waals surface area contributed by atoms with Crippen LogP contribution in [0.15, 0.2) is 60.0 Å². The number of benzene rings is 2. The third-order valence-corrected chi connectivity index (χ3v) is 6.09. The normalized spacial score (nSPS) is 14.1. The van der Waals surface area contributed by atoms with Gasteiger partial charge in [0.2, 0.25) is 11.8 Å². The summed E-state index contributed by atoms with van der Waals surface area (Å²) in [5.74, 6) is 1.74. The third kappa shape index (κ3) is 4.05. The van der Waals surface area contributed by atoms with E-state index in [4.69, 9.17) is 16.3 Å². The average molecular weight is 438 g/mol. The van der Waals surface area contributed by atoms with E-state index in [9.17, 15) is 0 Å². The summed E-state index contributed by atoms with van der Waals surface area (Å²) in [5.41, 5.74) is 2.72. The number of hydrogen-bond donors (Lipinski definition) is 2. The lowest BCUT2D eigenvalue weighted by Crippen LogP contribution is -2.43. The first-order valence-corrected chi connectivity index (χ1v) is 11.0. The fourth-order valence-electron chi connectivity index (χ4n) is 3.44. The first-order chi connectivity index (χ1) is 14.8. The van der Waals surface area contributed by atoms with Crippen LogP contribution in [0.2, 0.25) is 5.02 Å². The molecule has 0 unspecified atom stereocenters. The van der Waals surface area contributed by atoms with Crippen molar-refractivity contribution >= 4 is 50.5 Å². The first kappa shape index (κ1) is 19.1. The van der Waals surface area contributed by atoms with Crippen LogP contribution in [0.1, 0.15) is 0 Å². The maximum Gasteiger partial charge on any atom is 0.242 e. The van der Waals surface area contributed by atoms with Gasteiger partial charge in [0.1, 0.15) is 10.4 Å². The molecule has 6 nitrogen and oxygen atoms in total. The van der Waals surface area contributed by atoms with E-state index in [2.05, 4.69) is 25.5 Å². The Labute approximate surface area is 183 Å². The van der Waals surface area contributed by atoms with E-state index in [0.717, 1.165) is 53.5 Å². The summed E-state index contributed by atoms with van der Waals surface area (Å²) >= 11 is 8.14. The molecule has 0 atom stereocenters. The molecule has 4 aromatic rings. The smallest absolute Gasteiger partial charge is 0.242 e. The van der Waals surface area contributed by atoms with Gasteiger partial charge in [-0.25, -0.2) is 4.98 Å². The number of aromatic nitrogens is 2. The van der Waals surface area contributed by atoms with Gasteiger partial charge >= 0.3 is 0 Å². The van der Waals surface area contributed by atoms with Gasteiger partial charge in [-0.2, -0.15) is 4.98 Å². The van der Waals surface area contributed by atoms with Gasteiger partial charge in [0.15, 0.2) is 0 Å². The standard InChI is InChI=1S/C22H20ClN5OS/c23-17-14-15(6-7-19(17)28-11-9-24-10-12-28)25-22-26-18-8-13-30-20(18)21(27-22)29-16-4-2-1-3-5-16/h1-8,13-14,24H,9-12H2,(H,25,26,27). The summed E-state index contributed by atoms with van der Waals surface area (Å²) in [6, 6.07) is 17.6. The zero-order chi connectivity index (χ0) is 20.3. The molecular formula is C22H20ClN5OS. The zero-order valence-electron chi connectivity index (χ0n) is 16.1. The van der Waals surface area contributed by atoms with Gasteiger partial charge in [-0.3, -0.25) is 0 Å². The number of nitrogens with zero attached hydrogens (tertiary/aromatic N) is 3. The molecule has 0 saturated carbocycles. The van der Waals surface area contributed by atoms with Crippen molar-refractivity contribution in [3.05, 3.63) is 65.0 Å². The molecule has 3 heterocycles.